The summed E-state index contributed by atoms with van der Waals surface area (Å²) in [6.45, 7) is -0.685. The molecule has 1 amide bonds. The van der Waals surface area contributed by atoms with Gasteiger partial charge < -0.3 is 28.6 Å². The van der Waals surface area contributed by atoms with E-state index in [1.54, 1.807) is 54.4 Å². The Labute approximate surface area is 263 Å². The number of aliphatic hydroxyl groups is 1. The Balaban J connectivity index is 1.36. The van der Waals surface area contributed by atoms with Crippen molar-refractivity contribution in [2.45, 2.75) is 61.7 Å². The number of nitrogens with zero attached hydrogens (tertiary/aromatic N) is 2. The first kappa shape index (κ1) is 32.7. The molecule has 0 saturated heterocycles. The molecule has 3 aromatic rings. The molecule has 11 nitrogen and oxygen atoms in total. The second kappa shape index (κ2) is 14.6. The fraction of sp³-hybridized carbons (Fsp3) is 0.455. The Kier molecular flexibility index (Phi) is 10.6. The highest BCUT2D eigenvalue weighted by molar-refractivity contribution is 7.89. The van der Waals surface area contributed by atoms with Crippen molar-refractivity contribution < 1.29 is 36.9 Å². The number of amides is 1. The topological polar surface area (TPSA) is 136 Å². The van der Waals surface area contributed by atoms with Crippen LogP contribution in [0.25, 0.3) is 11.0 Å². The highest BCUT2D eigenvalue weighted by Crippen LogP contribution is 2.33. The molecule has 2 heterocycles. The van der Waals surface area contributed by atoms with Gasteiger partial charge in [-0.1, -0.05) is 31.4 Å². The van der Waals surface area contributed by atoms with Gasteiger partial charge in [-0.15, -0.1) is 0 Å². The number of fused-ring (bicyclic) bond motifs is 1. The molecule has 0 unspecified atom stereocenters. The van der Waals surface area contributed by atoms with Crippen molar-refractivity contribution >= 4 is 26.9 Å². The largest absolute Gasteiger partial charge is 0.497 e. The summed E-state index contributed by atoms with van der Waals surface area (Å²) in [5.41, 5.74) is 0.636. The zero-order valence-corrected chi connectivity index (χ0v) is 26.4. The number of allylic oxidation sites excluding steroid dienone is 1. The molecule has 45 heavy (non-hydrogen) atoms. The summed E-state index contributed by atoms with van der Waals surface area (Å²) in [4.78, 5) is 28.9. The van der Waals surface area contributed by atoms with Crippen LogP contribution in [0.1, 0.15) is 50.0 Å². The summed E-state index contributed by atoms with van der Waals surface area (Å²) >= 11 is 0. The molecule has 1 aliphatic heterocycles. The van der Waals surface area contributed by atoms with E-state index < -0.39 is 22.2 Å². The van der Waals surface area contributed by atoms with Crippen LogP contribution in [0.3, 0.4) is 0 Å². The van der Waals surface area contributed by atoms with E-state index in [4.69, 9.17) is 18.6 Å². The summed E-state index contributed by atoms with van der Waals surface area (Å²) in [5.74, 6) is -0.243. The van der Waals surface area contributed by atoms with E-state index in [9.17, 15) is 23.1 Å². The number of benzene rings is 2. The minimum Gasteiger partial charge on any atom is -0.497 e. The normalized spacial score (nSPS) is 19.2. The number of sulfonamides is 1. The average molecular weight is 641 g/mol. The lowest BCUT2D eigenvalue weighted by Crippen LogP contribution is -2.42. The summed E-state index contributed by atoms with van der Waals surface area (Å²) in [7, 11) is -0.689. The van der Waals surface area contributed by atoms with E-state index in [0.29, 0.717) is 22.3 Å². The molecule has 2 atom stereocenters. The van der Waals surface area contributed by atoms with Gasteiger partial charge in [-0.25, -0.2) is 8.42 Å². The van der Waals surface area contributed by atoms with Crippen LogP contribution >= 0.6 is 0 Å². The van der Waals surface area contributed by atoms with Gasteiger partial charge in [0.05, 0.1) is 36.9 Å². The molecular weight excluding hydrogens is 600 g/mol. The number of methoxy groups -OCH3 is 1. The van der Waals surface area contributed by atoms with E-state index in [2.05, 4.69) is 0 Å². The molecule has 0 radical (unpaired) electrons. The molecule has 1 saturated carbocycles. The number of hydrogen-bond donors (Lipinski definition) is 1. The monoisotopic (exact) mass is 640 g/mol. The lowest BCUT2D eigenvalue weighted by molar-refractivity contribution is -0.153. The Morgan fingerprint density at radius 3 is 2.49 bits per heavy atom. The van der Waals surface area contributed by atoms with Gasteiger partial charge in [-0.2, -0.15) is 4.31 Å². The summed E-state index contributed by atoms with van der Waals surface area (Å²) < 4.78 is 50.8. The number of carbonyl (C=O) groups is 1. The van der Waals surface area contributed by atoms with Crippen LogP contribution in [0.5, 0.6) is 5.75 Å². The summed E-state index contributed by atoms with van der Waals surface area (Å²) in [6, 6.07) is 13.0. The van der Waals surface area contributed by atoms with Crippen LogP contribution in [0.15, 0.2) is 80.7 Å². The first-order valence-corrected chi connectivity index (χ1v) is 16.7. The number of para-hydroxylation sites is 1. The molecule has 1 fully saturated rings. The maximum Gasteiger partial charge on any atom is 0.288 e. The molecule has 2 aliphatic rings. The van der Waals surface area contributed by atoms with Crippen LogP contribution in [0, 0.1) is 0 Å². The molecule has 0 spiro atoms. The van der Waals surface area contributed by atoms with E-state index in [-0.39, 0.29) is 60.8 Å². The standard InChI is InChI=1S/C33H40N2O9S/c1-34(24-8-4-3-5-9-24)33(38)30-20-23(28-22-43-29-11-7-6-10-27(29)32(28)37)21-31(44-30)42-19-17-35(16-18-36)45(39,40)26-14-12-25(41-2)13-15-26/h6-7,10-15,20,22-24,31,36H,3-5,8-9,16-19,21H2,1-2H3/t23-,31+/m1/s1. The Hall–Kier alpha value is -3.71. The van der Waals surface area contributed by atoms with Crippen molar-refractivity contribution in [3.63, 3.8) is 0 Å². The summed E-state index contributed by atoms with van der Waals surface area (Å²) in [6.07, 6.45) is 7.43. The summed E-state index contributed by atoms with van der Waals surface area (Å²) in [5, 5.41) is 10.0. The minimum absolute atomic E-state index is 0.0512. The molecule has 242 valence electrons. The molecule has 5 rings (SSSR count). The molecule has 2 aromatic carbocycles. The van der Waals surface area contributed by atoms with Gasteiger partial charge in [0, 0.05) is 44.1 Å². The molecule has 12 heteroatoms. The van der Waals surface area contributed by atoms with E-state index >= 15 is 0 Å². The smallest absolute Gasteiger partial charge is 0.288 e. The van der Waals surface area contributed by atoms with Gasteiger partial charge in [0.15, 0.2) is 11.2 Å². The van der Waals surface area contributed by atoms with E-state index in [0.717, 1.165) is 36.4 Å². The van der Waals surface area contributed by atoms with Crippen molar-refractivity contribution in [1.29, 1.82) is 0 Å². The predicted molar refractivity (Wildman–Crippen MR) is 167 cm³/mol. The average Bonchev–Trinajstić information content (AvgIpc) is 3.07. The molecule has 1 aromatic heterocycles. The van der Waals surface area contributed by atoms with Gasteiger partial charge in [-0.3, -0.25) is 9.59 Å². The third kappa shape index (κ3) is 7.41. The van der Waals surface area contributed by atoms with Crippen molar-refractivity contribution in [3.05, 3.63) is 82.4 Å². The molecule has 1 N–H and O–H groups in total. The van der Waals surface area contributed by atoms with E-state index in [1.807, 2.05) is 0 Å². The maximum absolute atomic E-state index is 13.7. The number of ether oxygens (including phenoxy) is 3. The fourth-order valence-electron chi connectivity index (χ4n) is 5.93. The molecule has 0 bridgehead atoms. The van der Waals surface area contributed by atoms with E-state index in [1.165, 1.54) is 25.5 Å². The van der Waals surface area contributed by atoms with Crippen LogP contribution in [-0.4, -0.2) is 81.4 Å². The third-order valence-corrected chi connectivity index (χ3v) is 10.4. The Bertz CT molecular complexity index is 1660. The SMILES string of the molecule is COc1ccc(S(=O)(=O)N(CCO)CCO[C@@H]2C[C@H](c3coc4ccccc4c3=O)C=C(C(=O)N(C)C3CCCCC3)O2)cc1. The second-order valence-electron chi connectivity index (χ2n) is 11.3. The molecular formula is C33H40N2O9S. The van der Waals surface area contributed by atoms with Gasteiger partial charge in [0.25, 0.3) is 5.91 Å². The predicted octanol–water partition coefficient (Wildman–Crippen LogP) is 4.01. The highest BCUT2D eigenvalue weighted by Gasteiger charge is 2.34. The van der Waals surface area contributed by atoms with Crippen molar-refractivity contribution in [3.8, 4) is 5.75 Å². The number of hydrogen-bond acceptors (Lipinski definition) is 9. The van der Waals surface area contributed by atoms with Gasteiger partial charge >= 0.3 is 0 Å². The van der Waals surface area contributed by atoms with Gasteiger partial charge in [-0.05, 0) is 55.3 Å². The number of likely N-dealkylation sites (N-methyl/N-ethyl adjacent to an activating group) is 1. The van der Waals surface area contributed by atoms with Crippen LogP contribution in [0.2, 0.25) is 0 Å². The highest BCUT2D eigenvalue weighted by atomic mass is 32.2. The third-order valence-electron chi connectivity index (χ3n) is 8.51. The second-order valence-corrected chi connectivity index (χ2v) is 13.3. The fourth-order valence-corrected chi connectivity index (χ4v) is 7.35. The van der Waals surface area contributed by atoms with Crippen LogP contribution in [-0.2, 0) is 24.3 Å². The lowest BCUT2D eigenvalue weighted by atomic mass is 9.92. The van der Waals surface area contributed by atoms with Gasteiger partial charge in [0.1, 0.15) is 11.3 Å². The number of aliphatic hydroxyl groups excluding tert-OH is 1. The molecule has 1 aliphatic carbocycles. The quantitative estimate of drug-likeness (QED) is 0.312. The number of carbonyl (C=O) groups excluding carboxylic acids is 1. The minimum atomic E-state index is -3.95. The zero-order chi connectivity index (χ0) is 32.0. The first-order chi connectivity index (χ1) is 21.7. The van der Waals surface area contributed by atoms with Crippen LogP contribution in [0.4, 0.5) is 0 Å². The maximum atomic E-state index is 13.7. The van der Waals surface area contributed by atoms with Crippen LogP contribution < -0.4 is 10.2 Å². The van der Waals surface area contributed by atoms with Gasteiger partial charge in [0.2, 0.25) is 16.3 Å². The van der Waals surface area contributed by atoms with Crippen molar-refractivity contribution in [2.75, 3.05) is 40.5 Å². The lowest BCUT2D eigenvalue weighted by Gasteiger charge is -2.34. The zero-order valence-electron chi connectivity index (χ0n) is 25.6. The number of rotatable bonds is 12. The van der Waals surface area contributed by atoms with Crippen molar-refractivity contribution in [2.24, 2.45) is 0 Å². The Morgan fingerprint density at radius 1 is 1.04 bits per heavy atom. The first-order valence-electron chi connectivity index (χ1n) is 15.3. The van der Waals surface area contributed by atoms with Crippen molar-refractivity contribution in [1.82, 2.24) is 9.21 Å². The Morgan fingerprint density at radius 2 is 1.78 bits per heavy atom.